The van der Waals surface area contributed by atoms with E-state index in [1.807, 2.05) is 0 Å². The first-order valence-electron chi connectivity index (χ1n) is 8.89. The molecule has 1 aromatic heterocycles. The molecule has 0 amide bonds. The van der Waals surface area contributed by atoms with Gasteiger partial charge in [0.1, 0.15) is 37.3 Å². The van der Waals surface area contributed by atoms with Crippen LogP contribution in [0.4, 0.5) is 5.82 Å². The number of likely N-dealkylation sites (N-methyl/N-ethyl adjacent to an activating group) is 1. The van der Waals surface area contributed by atoms with Crippen molar-refractivity contribution in [2.45, 2.75) is 24.5 Å². The van der Waals surface area contributed by atoms with Crippen molar-refractivity contribution in [3.05, 3.63) is 22.7 Å². The maximum absolute atomic E-state index is 11.9. The van der Waals surface area contributed by atoms with Crippen LogP contribution in [0.25, 0.3) is 0 Å². The fourth-order valence-electron chi connectivity index (χ4n) is 2.48. The third-order valence-corrected chi connectivity index (χ3v) is 6.64. The summed E-state index contributed by atoms with van der Waals surface area (Å²) in [5.41, 5.74) is 4.50. The van der Waals surface area contributed by atoms with Gasteiger partial charge in [-0.2, -0.15) is 4.98 Å². The molecule has 15 nitrogen and oxygen atoms in total. The van der Waals surface area contributed by atoms with Gasteiger partial charge in [-0.15, -0.1) is 0 Å². The van der Waals surface area contributed by atoms with Crippen molar-refractivity contribution in [2.75, 3.05) is 46.6 Å². The number of quaternary nitrogens is 1. The number of rotatable bonds is 10. The first-order valence-corrected chi connectivity index (χ1v) is 11.8. The number of aromatic nitrogens is 2. The van der Waals surface area contributed by atoms with E-state index in [0.717, 1.165) is 10.8 Å². The number of phosphoric acid groups is 2. The van der Waals surface area contributed by atoms with Gasteiger partial charge in [0.25, 0.3) is 15.6 Å². The Balaban J connectivity index is 0.00000512. The topological polar surface area (TPSA) is 219 Å². The van der Waals surface area contributed by atoms with Crippen molar-refractivity contribution in [3.8, 4) is 0 Å². The molecule has 2 heterocycles. The average molecular weight is 510 g/mol. The molecule has 0 saturated carbocycles. The summed E-state index contributed by atoms with van der Waals surface area (Å²) in [7, 11) is -5.36. The minimum atomic E-state index is -5.43. The zero-order chi connectivity index (χ0) is 23.6. The van der Waals surface area contributed by atoms with Gasteiger partial charge in [0.05, 0.1) is 27.7 Å². The second-order valence-corrected chi connectivity index (χ2v) is 10.7. The molecule has 1 fully saturated rings. The molecule has 0 spiro atoms. The molecule has 1 aliphatic rings. The van der Waals surface area contributed by atoms with Gasteiger partial charge in [-0.1, -0.05) is 0 Å². The number of phosphoric ester groups is 2. The molecule has 0 aromatic carbocycles. The van der Waals surface area contributed by atoms with Crippen LogP contribution in [0.5, 0.6) is 0 Å². The van der Waals surface area contributed by atoms with Gasteiger partial charge in [-0.05, 0) is 6.07 Å². The molecule has 0 bridgehead atoms. The number of nitrogens with two attached hydrogens (primary N) is 1. The third kappa shape index (κ3) is 8.85. The van der Waals surface area contributed by atoms with E-state index in [4.69, 9.17) is 10.5 Å². The first kappa shape index (κ1) is 29.8. The van der Waals surface area contributed by atoms with Gasteiger partial charge in [-0.25, -0.2) is 9.11 Å². The van der Waals surface area contributed by atoms with Gasteiger partial charge in [0.15, 0.2) is 6.23 Å². The smallest absolute Gasteiger partial charge is 0.756 e. The van der Waals surface area contributed by atoms with Crippen LogP contribution in [-0.2, 0) is 27.2 Å². The molecule has 1 saturated heterocycles. The zero-order valence-corrected chi connectivity index (χ0v) is 21.8. The molecule has 0 aliphatic carbocycles. The van der Waals surface area contributed by atoms with Crippen molar-refractivity contribution < 1.29 is 81.3 Å². The Morgan fingerprint density at radius 3 is 2.38 bits per heavy atom. The quantitative estimate of drug-likeness (QED) is 0.152. The van der Waals surface area contributed by atoms with E-state index in [2.05, 4.69) is 18.3 Å². The van der Waals surface area contributed by atoms with Gasteiger partial charge in [0.2, 0.25) is 0 Å². The second kappa shape index (κ2) is 11.5. The van der Waals surface area contributed by atoms with E-state index >= 15 is 0 Å². The summed E-state index contributed by atoms with van der Waals surface area (Å²) in [5, 5.41) is 20.2. The van der Waals surface area contributed by atoms with Crippen LogP contribution in [0.1, 0.15) is 6.23 Å². The Hall–Kier alpha value is -0.220. The maximum atomic E-state index is 11.9. The summed E-state index contributed by atoms with van der Waals surface area (Å²) in [5.74, 6) is -0.0793. The van der Waals surface area contributed by atoms with Crippen molar-refractivity contribution in [1.82, 2.24) is 9.55 Å². The first-order chi connectivity index (χ1) is 14.1. The van der Waals surface area contributed by atoms with Crippen LogP contribution in [-0.4, -0.2) is 83.5 Å². The molecular formula is C14H25N4NaO11P2. The molecule has 18 heteroatoms. The van der Waals surface area contributed by atoms with E-state index in [1.165, 1.54) is 6.07 Å². The summed E-state index contributed by atoms with van der Waals surface area (Å²) in [6, 6.07) is 1.25. The van der Waals surface area contributed by atoms with Crippen LogP contribution in [0, 0.1) is 0 Å². The normalized spacial score (nSPS) is 27.3. The van der Waals surface area contributed by atoms with Gasteiger partial charge < -0.3 is 44.0 Å². The number of aliphatic hydroxyl groups excluding tert-OH is 2. The van der Waals surface area contributed by atoms with E-state index in [1.54, 1.807) is 21.1 Å². The Morgan fingerprint density at radius 1 is 1.22 bits per heavy atom. The Labute approximate surface area is 205 Å². The molecule has 4 N–H and O–H groups in total. The number of aliphatic hydroxyl groups is 2. The van der Waals surface area contributed by atoms with E-state index < -0.39 is 52.5 Å². The predicted molar refractivity (Wildman–Crippen MR) is 99.9 cm³/mol. The van der Waals surface area contributed by atoms with Crippen LogP contribution >= 0.6 is 15.6 Å². The van der Waals surface area contributed by atoms with Crippen LogP contribution in [0.15, 0.2) is 17.1 Å². The fraction of sp³-hybridized carbons (Fsp3) is 0.714. The SMILES string of the molecule is C[N+](C)(C)CCOP(=O)([O-])OP(=O)([O-])OC[C@H]1O[C@@H](n2ccc(N)nc2=O)C(O)C1O.[Na+]. The van der Waals surface area contributed by atoms with Gasteiger partial charge in [0, 0.05) is 6.20 Å². The van der Waals surface area contributed by atoms with Crippen molar-refractivity contribution in [2.24, 2.45) is 0 Å². The number of hydrogen-bond donors (Lipinski definition) is 3. The largest absolute Gasteiger partial charge is 1.00 e. The molecule has 0 radical (unpaired) electrons. The molecule has 1 aromatic rings. The number of anilines is 1. The minimum absolute atomic E-state index is 0. The number of nitrogens with zero attached hydrogens (tertiary/aromatic N) is 3. The molecule has 1 aliphatic heterocycles. The molecular weight excluding hydrogens is 485 g/mol. The van der Waals surface area contributed by atoms with Crippen molar-refractivity contribution in [3.63, 3.8) is 0 Å². The van der Waals surface area contributed by atoms with Gasteiger partial charge >= 0.3 is 35.2 Å². The van der Waals surface area contributed by atoms with Crippen LogP contribution in [0.2, 0.25) is 0 Å². The summed E-state index contributed by atoms with van der Waals surface area (Å²) in [6.45, 7) is -0.987. The van der Waals surface area contributed by atoms with Gasteiger partial charge in [-0.3, -0.25) is 13.7 Å². The summed E-state index contributed by atoms with van der Waals surface area (Å²) >= 11 is 0. The second-order valence-electron chi connectivity index (χ2n) is 7.71. The zero-order valence-electron chi connectivity index (χ0n) is 18.0. The summed E-state index contributed by atoms with van der Waals surface area (Å²) in [4.78, 5) is 38.9. The Bertz CT molecular complexity index is 927. The van der Waals surface area contributed by atoms with Crippen LogP contribution in [0.3, 0.4) is 0 Å². The maximum Gasteiger partial charge on any atom is 1.00 e. The molecule has 2 rings (SSSR count). The molecule has 6 atom stereocenters. The van der Waals surface area contributed by atoms with Crippen LogP contribution < -0.4 is 50.8 Å². The van der Waals surface area contributed by atoms with E-state index in [0.29, 0.717) is 4.48 Å². The van der Waals surface area contributed by atoms with Crippen molar-refractivity contribution in [1.29, 1.82) is 0 Å². The molecule has 32 heavy (non-hydrogen) atoms. The number of nitrogen functional groups attached to an aromatic ring is 1. The van der Waals surface area contributed by atoms with E-state index in [-0.39, 0.29) is 48.5 Å². The Kier molecular flexibility index (Phi) is 10.7. The molecule has 4 unspecified atom stereocenters. The average Bonchev–Trinajstić information content (AvgIpc) is 2.86. The number of hydrogen-bond acceptors (Lipinski definition) is 13. The fourth-order valence-corrected chi connectivity index (χ4v) is 4.47. The third-order valence-electron chi connectivity index (χ3n) is 4.07. The minimum Gasteiger partial charge on any atom is -0.756 e. The summed E-state index contributed by atoms with van der Waals surface area (Å²) in [6.07, 6.45) is -5.01. The molecule has 178 valence electrons. The predicted octanol–water partition coefficient (Wildman–Crippen LogP) is -5.86. The summed E-state index contributed by atoms with van der Waals surface area (Å²) < 4.78 is 42.9. The van der Waals surface area contributed by atoms with Crippen molar-refractivity contribution >= 4 is 21.5 Å². The van der Waals surface area contributed by atoms with E-state index in [9.17, 15) is 33.9 Å². The Morgan fingerprint density at radius 2 is 1.81 bits per heavy atom. The number of ether oxygens (including phenoxy) is 1. The monoisotopic (exact) mass is 510 g/mol. The standard InChI is InChI=1S/C14H26N4O11P2.Na/c1-18(2,3)6-7-26-30(22,23)29-31(24,25)27-8-9-11(19)12(20)13(28-9)17-5-4-10(15)16-14(17)21;/h4-5,9,11-13,19-20H,6-8H2,1-3H3,(H3-,15,16,21,22,23,24,25);/q;+1/p-1/t9-,11?,12?,13-;/m1./s1.